The van der Waals surface area contributed by atoms with Gasteiger partial charge in [0, 0.05) is 13.1 Å². The van der Waals surface area contributed by atoms with Gasteiger partial charge in [-0.05, 0) is 18.4 Å². The zero-order valence-electron chi connectivity index (χ0n) is 13.5. The topological polar surface area (TPSA) is 55.8 Å². The van der Waals surface area contributed by atoms with Crippen LogP contribution >= 0.6 is 0 Å². The molecule has 0 aromatic heterocycles. The Hall–Kier alpha value is -1.88. The number of likely N-dealkylation sites (tertiary alicyclic amines) is 1. The molecule has 1 heterocycles. The quantitative estimate of drug-likeness (QED) is 0.572. The number of hydrogen-bond acceptors (Lipinski definition) is 4. The highest BCUT2D eigenvalue weighted by atomic mass is 16.5. The molecule has 1 saturated heterocycles. The van der Waals surface area contributed by atoms with Gasteiger partial charge in [0.1, 0.15) is 0 Å². The van der Waals surface area contributed by atoms with Crippen molar-refractivity contribution in [1.29, 1.82) is 0 Å². The second-order valence-corrected chi connectivity index (χ2v) is 5.74. The summed E-state index contributed by atoms with van der Waals surface area (Å²) in [5, 5.41) is 0. The second-order valence-electron chi connectivity index (χ2n) is 5.74. The smallest absolute Gasteiger partial charge is 0.308 e. The molecule has 0 atom stereocenters. The van der Waals surface area contributed by atoms with Crippen LogP contribution in [0.3, 0.4) is 0 Å². The lowest BCUT2D eigenvalue weighted by molar-refractivity contribution is -0.152. The van der Waals surface area contributed by atoms with Crippen LogP contribution in [0.4, 0.5) is 0 Å². The monoisotopic (exact) mass is 319 g/mol. The molecule has 1 amide bonds. The number of benzene rings is 1. The van der Waals surface area contributed by atoms with Crippen molar-refractivity contribution in [3.63, 3.8) is 0 Å². The van der Waals surface area contributed by atoms with E-state index in [1.165, 1.54) is 12.8 Å². The minimum Gasteiger partial charge on any atom is -0.455 e. The summed E-state index contributed by atoms with van der Waals surface area (Å²) in [6.07, 6.45) is 4.57. The summed E-state index contributed by atoms with van der Waals surface area (Å²) in [4.78, 5) is 25.4. The fourth-order valence-electron chi connectivity index (χ4n) is 2.55. The van der Waals surface area contributed by atoms with E-state index < -0.39 is 0 Å². The van der Waals surface area contributed by atoms with Crippen LogP contribution in [0.5, 0.6) is 0 Å². The Kier molecular flexibility index (Phi) is 7.60. The Morgan fingerprint density at radius 2 is 1.70 bits per heavy atom. The van der Waals surface area contributed by atoms with Crippen LogP contribution in [0, 0.1) is 0 Å². The molecular formula is C18H25NO4. The molecule has 0 bridgehead atoms. The summed E-state index contributed by atoms with van der Waals surface area (Å²) in [5.74, 6) is -0.480. The van der Waals surface area contributed by atoms with E-state index in [1.807, 2.05) is 30.3 Å². The van der Waals surface area contributed by atoms with Crippen LogP contribution in [-0.4, -0.2) is 43.1 Å². The highest BCUT2D eigenvalue weighted by Gasteiger charge is 2.16. The lowest BCUT2D eigenvalue weighted by Crippen LogP contribution is -2.35. The van der Waals surface area contributed by atoms with Crippen LogP contribution in [0.15, 0.2) is 30.3 Å². The third-order valence-corrected chi connectivity index (χ3v) is 3.88. The normalized spacial score (nSPS) is 15.0. The highest BCUT2D eigenvalue weighted by molar-refractivity contribution is 5.80. The molecule has 0 radical (unpaired) electrons. The van der Waals surface area contributed by atoms with E-state index in [0.717, 1.165) is 31.5 Å². The van der Waals surface area contributed by atoms with Gasteiger partial charge in [-0.2, -0.15) is 0 Å². The summed E-state index contributed by atoms with van der Waals surface area (Å²) >= 11 is 0. The van der Waals surface area contributed by atoms with Gasteiger partial charge in [0.2, 0.25) is 0 Å². The van der Waals surface area contributed by atoms with Crippen molar-refractivity contribution >= 4 is 11.9 Å². The fraction of sp³-hybridized carbons (Fsp3) is 0.556. The van der Waals surface area contributed by atoms with Gasteiger partial charge in [0.25, 0.3) is 5.91 Å². The average Bonchev–Trinajstić information content (AvgIpc) is 2.87. The average molecular weight is 319 g/mol. The zero-order valence-corrected chi connectivity index (χ0v) is 13.5. The number of ether oxygens (including phenoxy) is 2. The molecule has 2 rings (SSSR count). The van der Waals surface area contributed by atoms with E-state index in [9.17, 15) is 9.59 Å². The van der Waals surface area contributed by atoms with Gasteiger partial charge in [-0.1, -0.05) is 43.2 Å². The van der Waals surface area contributed by atoms with Gasteiger partial charge < -0.3 is 14.4 Å². The van der Waals surface area contributed by atoms with Crippen LogP contribution in [0.25, 0.3) is 0 Å². The number of hydrogen-bond donors (Lipinski definition) is 0. The zero-order chi connectivity index (χ0) is 16.3. The Morgan fingerprint density at radius 1 is 1.00 bits per heavy atom. The molecule has 5 heteroatoms. The lowest BCUT2D eigenvalue weighted by Gasteiger charge is -2.19. The molecule has 1 aliphatic heterocycles. The maximum Gasteiger partial charge on any atom is 0.308 e. The summed E-state index contributed by atoms with van der Waals surface area (Å²) in [7, 11) is 0. The maximum absolute atomic E-state index is 12.0. The number of nitrogens with zero attached hydrogens (tertiary/aromatic N) is 1. The van der Waals surface area contributed by atoms with Crippen molar-refractivity contribution in [2.24, 2.45) is 0 Å². The number of amides is 1. The van der Waals surface area contributed by atoms with E-state index in [1.54, 1.807) is 4.90 Å². The Labute approximate surface area is 137 Å². The predicted octanol–water partition coefficient (Wildman–Crippen LogP) is 2.54. The standard InChI is InChI=1S/C18H25NO4/c20-17(19-11-6-1-2-7-12-19)15-23-18(21)10-13-22-14-16-8-4-3-5-9-16/h3-5,8-9H,1-2,6-7,10-15H2. The minimum atomic E-state index is -0.388. The van der Waals surface area contributed by atoms with Crippen molar-refractivity contribution in [3.8, 4) is 0 Å². The molecule has 0 saturated carbocycles. The molecule has 23 heavy (non-hydrogen) atoms. The van der Waals surface area contributed by atoms with Crippen molar-refractivity contribution < 1.29 is 19.1 Å². The molecule has 1 fully saturated rings. The summed E-state index contributed by atoms with van der Waals surface area (Å²) in [6, 6.07) is 9.78. The first-order chi connectivity index (χ1) is 11.3. The summed E-state index contributed by atoms with van der Waals surface area (Å²) in [6.45, 7) is 2.16. The van der Waals surface area contributed by atoms with Crippen LogP contribution in [0.2, 0.25) is 0 Å². The third kappa shape index (κ3) is 6.82. The molecule has 0 spiro atoms. The molecular weight excluding hydrogens is 294 g/mol. The van der Waals surface area contributed by atoms with Crippen molar-refractivity contribution in [1.82, 2.24) is 4.90 Å². The van der Waals surface area contributed by atoms with E-state index in [2.05, 4.69) is 0 Å². The van der Waals surface area contributed by atoms with Gasteiger partial charge in [-0.25, -0.2) is 0 Å². The molecule has 126 valence electrons. The molecule has 1 aliphatic rings. The maximum atomic E-state index is 12.0. The minimum absolute atomic E-state index is 0.0922. The highest BCUT2D eigenvalue weighted by Crippen LogP contribution is 2.09. The Bertz CT molecular complexity index is 481. The van der Waals surface area contributed by atoms with Gasteiger partial charge in [-0.3, -0.25) is 9.59 Å². The Morgan fingerprint density at radius 3 is 2.39 bits per heavy atom. The molecule has 0 unspecified atom stereocenters. The number of carbonyl (C=O) groups is 2. The van der Waals surface area contributed by atoms with E-state index in [4.69, 9.17) is 9.47 Å². The lowest BCUT2D eigenvalue weighted by atomic mass is 10.2. The first-order valence-electron chi connectivity index (χ1n) is 8.31. The van der Waals surface area contributed by atoms with E-state index in [0.29, 0.717) is 13.2 Å². The molecule has 1 aromatic carbocycles. The van der Waals surface area contributed by atoms with Crippen molar-refractivity contribution in [3.05, 3.63) is 35.9 Å². The van der Waals surface area contributed by atoms with Crippen molar-refractivity contribution in [2.75, 3.05) is 26.3 Å². The number of rotatable bonds is 7. The van der Waals surface area contributed by atoms with Crippen LogP contribution in [0.1, 0.15) is 37.7 Å². The van der Waals surface area contributed by atoms with E-state index in [-0.39, 0.29) is 24.9 Å². The molecule has 5 nitrogen and oxygen atoms in total. The first kappa shape index (κ1) is 17.5. The van der Waals surface area contributed by atoms with Crippen LogP contribution < -0.4 is 0 Å². The fourth-order valence-corrected chi connectivity index (χ4v) is 2.55. The van der Waals surface area contributed by atoms with E-state index >= 15 is 0 Å². The number of carbonyl (C=O) groups excluding carboxylic acids is 2. The SMILES string of the molecule is O=C(CCOCc1ccccc1)OCC(=O)N1CCCCCC1. The second kappa shape index (κ2) is 10.0. The molecule has 0 N–H and O–H groups in total. The van der Waals surface area contributed by atoms with Crippen molar-refractivity contribution in [2.45, 2.75) is 38.7 Å². The first-order valence-corrected chi connectivity index (χ1v) is 8.31. The number of esters is 1. The Balaban J connectivity index is 1.56. The van der Waals surface area contributed by atoms with Gasteiger partial charge >= 0.3 is 5.97 Å². The molecule has 0 aliphatic carbocycles. The van der Waals surface area contributed by atoms with Gasteiger partial charge in [0.05, 0.1) is 19.6 Å². The third-order valence-electron chi connectivity index (χ3n) is 3.88. The molecule has 1 aromatic rings. The predicted molar refractivity (Wildman–Crippen MR) is 86.7 cm³/mol. The van der Waals surface area contributed by atoms with Crippen LogP contribution in [-0.2, 0) is 25.7 Å². The van der Waals surface area contributed by atoms with Gasteiger partial charge in [0.15, 0.2) is 6.61 Å². The van der Waals surface area contributed by atoms with Gasteiger partial charge in [-0.15, -0.1) is 0 Å². The largest absolute Gasteiger partial charge is 0.455 e. The summed E-state index contributed by atoms with van der Waals surface area (Å²) < 4.78 is 10.5. The summed E-state index contributed by atoms with van der Waals surface area (Å²) in [5.41, 5.74) is 1.07.